The molecular formula is C32H26BrN3O3. The molecule has 6 aromatic rings. The summed E-state index contributed by atoms with van der Waals surface area (Å²) in [6, 6.07) is 26.9. The van der Waals surface area contributed by atoms with Crippen LogP contribution >= 0.6 is 15.9 Å². The number of benzene rings is 4. The first-order valence-electron chi connectivity index (χ1n) is 12.7. The number of furan rings is 1. The molecule has 6 nitrogen and oxygen atoms in total. The molecule has 0 N–H and O–H groups in total. The van der Waals surface area contributed by atoms with E-state index in [-0.39, 0.29) is 11.0 Å². The Morgan fingerprint density at radius 2 is 1.72 bits per heavy atom. The van der Waals surface area contributed by atoms with Crippen LogP contribution in [-0.4, -0.2) is 22.5 Å². The number of hydrogen-bond acceptors (Lipinski definition) is 5. The zero-order valence-corrected chi connectivity index (χ0v) is 23.4. The molecule has 7 heteroatoms. The second-order valence-corrected chi connectivity index (χ2v) is 11.6. The van der Waals surface area contributed by atoms with Gasteiger partial charge >= 0.3 is 0 Å². The van der Waals surface area contributed by atoms with Gasteiger partial charge in [-0.05, 0) is 58.7 Å². The first-order valence-corrected chi connectivity index (χ1v) is 13.5. The minimum absolute atomic E-state index is 0.0251. The average Bonchev–Trinajstić information content (AvgIpc) is 3.34. The van der Waals surface area contributed by atoms with E-state index >= 15 is 0 Å². The van der Waals surface area contributed by atoms with Crippen LogP contribution in [-0.2, 0) is 0 Å². The van der Waals surface area contributed by atoms with Crippen LogP contribution in [0.15, 0.2) is 104 Å². The van der Waals surface area contributed by atoms with E-state index in [4.69, 9.17) is 19.2 Å². The van der Waals surface area contributed by atoms with Gasteiger partial charge in [-0.25, -0.2) is 4.98 Å². The van der Waals surface area contributed by atoms with Gasteiger partial charge in [0.2, 0.25) is 5.82 Å². The highest BCUT2D eigenvalue weighted by Crippen LogP contribution is 2.31. The van der Waals surface area contributed by atoms with Crippen molar-refractivity contribution in [3.63, 3.8) is 0 Å². The summed E-state index contributed by atoms with van der Waals surface area (Å²) in [6.07, 6.45) is 1.68. The van der Waals surface area contributed by atoms with Crippen LogP contribution in [0.4, 0.5) is 0 Å². The van der Waals surface area contributed by atoms with E-state index in [1.54, 1.807) is 12.3 Å². The molecule has 0 radical (unpaired) electrons. The molecular weight excluding hydrogens is 554 g/mol. The zero-order valence-electron chi connectivity index (χ0n) is 21.8. The lowest BCUT2D eigenvalue weighted by Gasteiger charge is -2.20. The van der Waals surface area contributed by atoms with Crippen molar-refractivity contribution in [1.82, 2.24) is 9.66 Å². The molecule has 0 spiro atoms. The Labute approximate surface area is 233 Å². The smallest absolute Gasteiger partial charge is 0.282 e. The summed E-state index contributed by atoms with van der Waals surface area (Å²) >= 11 is 3.51. The Hall–Kier alpha value is -4.23. The average molecular weight is 580 g/mol. The molecule has 4 aromatic carbocycles. The lowest BCUT2D eigenvalue weighted by atomic mass is 9.98. The second kappa shape index (κ2) is 9.82. The summed E-state index contributed by atoms with van der Waals surface area (Å²) < 4.78 is 14.6. The predicted octanol–water partition coefficient (Wildman–Crippen LogP) is 8.03. The first kappa shape index (κ1) is 25.1. The number of halogens is 1. The van der Waals surface area contributed by atoms with Gasteiger partial charge in [0.1, 0.15) is 11.3 Å². The van der Waals surface area contributed by atoms with Gasteiger partial charge in [0.15, 0.2) is 5.76 Å². The number of fused-ring (bicyclic) bond motifs is 3. The Kier molecular flexibility index (Phi) is 6.31. The maximum absolute atomic E-state index is 13.7. The minimum Gasteiger partial charge on any atom is -0.492 e. The van der Waals surface area contributed by atoms with Crippen molar-refractivity contribution in [2.45, 2.75) is 20.8 Å². The van der Waals surface area contributed by atoms with Gasteiger partial charge in [0.25, 0.3) is 5.56 Å². The van der Waals surface area contributed by atoms with Crippen LogP contribution in [0.1, 0.15) is 26.3 Å². The molecule has 0 saturated carbocycles. The maximum Gasteiger partial charge on any atom is 0.282 e. The summed E-state index contributed by atoms with van der Waals surface area (Å²) in [5, 5.41) is 8.10. The van der Waals surface area contributed by atoms with Crippen molar-refractivity contribution in [3.8, 4) is 17.3 Å². The van der Waals surface area contributed by atoms with Crippen LogP contribution in [0.5, 0.6) is 5.75 Å². The van der Waals surface area contributed by atoms with E-state index in [9.17, 15) is 4.79 Å². The quantitative estimate of drug-likeness (QED) is 0.194. The Balaban J connectivity index is 1.56. The fourth-order valence-corrected chi connectivity index (χ4v) is 4.84. The molecule has 0 atom stereocenters. The molecule has 0 amide bonds. The number of hydrogen-bond donors (Lipinski definition) is 0. The first-order chi connectivity index (χ1) is 18.8. The molecule has 39 heavy (non-hydrogen) atoms. The molecule has 2 heterocycles. The molecule has 2 aromatic heterocycles. The van der Waals surface area contributed by atoms with E-state index in [0.29, 0.717) is 40.4 Å². The highest BCUT2D eigenvalue weighted by Gasteiger charge is 2.18. The predicted molar refractivity (Wildman–Crippen MR) is 161 cm³/mol. The molecule has 0 aliphatic heterocycles. The SMILES string of the molecule is CC(C)(C)COc1ccc2ccccc2c1C=Nn1c(-c2cc3cc(Br)ccc3o2)nc2ccccc2c1=O. The fraction of sp³-hybridized carbons (Fsp3) is 0.156. The lowest BCUT2D eigenvalue weighted by Crippen LogP contribution is -2.20. The molecule has 0 bridgehead atoms. The molecule has 6 rings (SSSR count). The van der Waals surface area contributed by atoms with Crippen LogP contribution in [0.25, 0.3) is 44.2 Å². The number of rotatable bonds is 5. The lowest BCUT2D eigenvalue weighted by molar-refractivity contribution is 0.198. The van der Waals surface area contributed by atoms with E-state index in [1.807, 2.05) is 78.9 Å². The Morgan fingerprint density at radius 1 is 0.949 bits per heavy atom. The van der Waals surface area contributed by atoms with Gasteiger partial charge in [0, 0.05) is 15.4 Å². The third kappa shape index (κ3) is 4.98. The van der Waals surface area contributed by atoms with Crippen molar-refractivity contribution in [2.24, 2.45) is 10.5 Å². The van der Waals surface area contributed by atoms with Crippen LogP contribution in [0.2, 0.25) is 0 Å². The van der Waals surface area contributed by atoms with Crippen LogP contribution in [0, 0.1) is 5.41 Å². The third-order valence-electron chi connectivity index (χ3n) is 6.35. The van der Waals surface area contributed by atoms with Gasteiger partial charge < -0.3 is 9.15 Å². The third-order valence-corrected chi connectivity index (χ3v) is 6.84. The van der Waals surface area contributed by atoms with Crippen molar-refractivity contribution >= 4 is 54.8 Å². The standard InChI is InChI=1S/C32H26BrN3O3/c1-32(2,3)19-38-28-14-12-20-8-4-5-9-23(20)25(28)18-34-36-30(35-26-11-7-6-10-24(26)31(36)37)29-17-21-16-22(33)13-15-27(21)39-29/h4-18H,19H2,1-3H3. The van der Waals surface area contributed by atoms with Crippen LogP contribution in [0.3, 0.4) is 0 Å². The van der Waals surface area contributed by atoms with Gasteiger partial charge in [-0.1, -0.05) is 79.2 Å². The summed E-state index contributed by atoms with van der Waals surface area (Å²) in [5.74, 6) is 1.47. The zero-order chi connectivity index (χ0) is 27.1. The van der Waals surface area contributed by atoms with E-state index in [0.717, 1.165) is 26.2 Å². The number of ether oxygens (including phenoxy) is 1. The minimum atomic E-state index is -0.286. The van der Waals surface area contributed by atoms with Gasteiger partial charge in [0.05, 0.1) is 23.7 Å². The number of nitrogens with zero attached hydrogens (tertiary/aromatic N) is 3. The van der Waals surface area contributed by atoms with Crippen molar-refractivity contribution in [2.75, 3.05) is 6.61 Å². The van der Waals surface area contributed by atoms with Gasteiger partial charge in [-0.3, -0.25) is 4.79 Å². The molecule has 194 valence electrons. The largest absolute Gasteiger partial charge is 0.492 e. The van der Waals surface area contributed by atoms with Gasteiger partial charge in [-0.15, -0.1) is 0 Å². The molecule has 0 unspecified atom stereocenters. The Morgan fingerprint density at radius 3 is 2.54 bits per heavy atom. The van der Waals surface area contributed by atoms with Gasteiger partial charge in [-0.2, -0.15) is 9.78 Å². The summed E-state index contributed by atoms with van der Waals surface area (Å²) in [7, 11) is 0. The molecule has 0 saturated heterocycles. The monoisotopic (exact) mass is 579 g/mol. The summed E-state index contributed by atoms with van der Waals surface area (Å²) in [4.78, 5) is 18.5. The Bertz CT molecular complexity index is 1950. The summed E-state index contributed by atoms with van der Waals surface area (Å²) in [5.41, 5.74) is 1.74. The molecule has 0 aliphatic carbocycles. The molecule has 0 fully saturated rings. The maximum atomic E-state index is 13.7. The van der Waals surface area contributed by atoms with Crippen LogP contribution < -0.4 is 10.3 Å². The highest BCUT2D eigenvalue weighted by molar-refractivity contribution is 9.10. The van der Waals surface area contributed by atoms with Crippen molar-refractivity contribution in [1.29, 1.82) is 0 Å². The van der Waals surface area contributed by atoms with E-state index in [1.165, 1.54) is 4.68 Å². The highest BCUT2D eigenvalue weighted by atomic mass is 79.9. The number of aromatic nitrogens is 2. The second-order valence-electron chi connectivity index (χ2n) is 10.7. The van der Waals surface area contributed by atoms with E-state index in [2.05, 4.69) is 36.7 Å². The normalized spacial score (nSPS) is 12.2. The van der Waals surface area contributed by atoms with Crippen molar-refractivity contribution in [3.05, 3.63) is 105 Å². The molecule has 0 aliphatic rings. The number of para-hydroxylation sites is 1. The topological polar surface area (TPSA) is 69.6 Å². The fourth-order valence-electron chi connectivity index (χ4n) is 4.46. The summed E-state index contributed by atoms with van der Waals surface area (Å²) in [6.45, 7) is 6.91. The van der Waals surface area contributed by atoms with Crippen molar-refractivity contribution < 1.29 is 9.15 Å². The van der Waals surface area contributed by atoms with E-state index < -0.39 is 0 Å².